The molecular weight excluding hydrogens is 304 g/mol. The Bertz CT molecular complexity index is 580. The summed E-state index contributed by atoms with van der Waals surface area (Å²) in [6, 6.07) is 3.45. The maximum atomic E-state index is 13.0. The van der Waals surface area contributed by atoms with Crippen LogP contribution in [0, 0.1) is 11.6 Å². The molecule has 0 aromatic heterocycles. The second-order valence-electron chi connectivity index (χ2n) is 5.77. The number of amides is 2. The molecule has 1 aromatic rings. The van der Waals surface area contributed by atoms with Gasteiger partial charge < -0.3 is 10.6 Å². The van der Waals surface area contributed by atoms with Crippen LogP contribution < -0.4 is 10.6 Å². The van der Waals surface area contributed by atoms with Crippen LogP contribution in [0.1, 0.15) is 26.2 Å². The Kier molecular flexibility index (Phi) is 6.04. The molecule has 1 aromatic carbocycles. The van der Waals surface area contributed by atoms with Crippen molar-refractivity contribution in [3.05, 3.63) is 29.8 Å². The van der Waals surface area contributed by atoms with Gasteiger partial charge >= 0.3 is 0 Å². The van der Waals surface area contributed by atoms with E-state index in [0.717, 1.165) is 31.5 Å². The first-order valence-electron chi connectivity index (χ1n) is 7.71. The number of rotatable bonds is 5. The number of piperidine rings is 1. The molecule has 1 saturated heterocycles. The Labute approximate surface area is 134 Å². The largest absolute Gasteiger partial charge is 0.346 e. The number of hydrogen-bond donors (Lipinski definition) is 2. The number of carbonyl (C=O) groups excluding carboxylic acids is 2. The quantitative estimate of drug-likeness (QED) is 0.869. The zero-order chi connectivity index (χ0) is 16.8. The van der Waals surface area contributed by atoms with Gasteiger partial charge in [0.15, 0.2) is 11.6 Å². The fourth-order valence-corrected chi connectivity index (χ4v) is 2.59. The number of halogens is 2. The van der Waals surface area contributed by atoms with Gasteiger partial charge in [-0.15, -0.1) is 0 Å². The van der Waals surface area contributed by atoms with E-state index in [0.29, 0.717) is 6.04 Å². The molecule has 1 aliphatic heterocycles. The van der Waals surface area contributed by atoms with Gasteiger partial charge in [0.05, 0.1) is 13.1 Å². The SMILES string of the molecule is CC1CCCCN1CC(=O)NCC(=O)Nc1ccc(F)c(F)c1. The summed E-state index contributed by atoms with van der Waals surface area (Å²) in [7, 11) is 0. The monoisotopic (exact) mass is 325 g/mol. The second-order valence-corrected chi connectivity index (χ2v) is 5.77. The lowest BCUT2D eigenvalue weighted by molar-refractivity contribution is -0.125. The van der Waals surface area contributed by atoms with E-state index >= 15 is 0 Å². The normalized spacial score (nSPS) is 18.5. The molecule has 1 aliphatic rings. The zero-order valence-corrected chi connectivity index (χ0v) is 13.1. The fourth-order valence-electron chi connectivity index (χ4n) is 2.59. The lowest BCUT2D eigenvalue weighted by Gasteiger charge is -2.32. The molecule has 2 amide bonds. The van der Waals surface area contributed by atoms with Gasteiger partial charge in [-0.25, -0.2) is 8.78 Å². The van der Waals surface area contributed by atoms with Crippen LogP contribution in [-0.4, -0.2) is 42.4 Å². The number of benzene rings is 1. The van der Waals surface area contributed by atoms with Gasteiger partial charge in [-0.1, -0.05) is 6.42 Å². The fraction of sp³-hybridized carbons (Fsp3) is 0.500. The summed E-state index contributed by atoms with van der Waals surface area (Å²) in [5, 5.41) is 4.94. The van der Waals surface area contributed by atoms with E-state index in [1.165, 1.54) is 12.5 Å². The first-order valence-corrected chi connectivity index (χ1v) is 7.71. The average molecular weight is 325 g/mol. The summed E-state index contributed by atoms with van der Waals surface area (Å²) in [6.07, 6.45) is 3.33. The average Bonchev–Trinajstić information content (AvgIpc) is 2.51. The summed E-state index contributed by atoms with van der Waals surface area (Å²) in [5.41, 5.74) is 0.146. The maximum Gasteiger partial charge on any atom is 0.243 e. The van der Waals surface area contributed by atoms with Crippen molar-refractivity contribution in [2.45, 2.75) is 32.2 Å². The van der Waals surface area contributed by atoms with Crippen molar-refractivity contribution >= 4 is 17.5 Å². The van der Waals surface area contributed by atoms with Crippen molar-refractivity contribution in [1.29, 1.82) is 0 Å². The van der Waals surface area contributed by atoms with E-state index in [4.69, 9.17) is 0 Å². The number of nitrogens with one attached hydrogen (secondary N) is 2. The molecule has 2 rings (SSSR count). The van der Waals surface area contributed by atoms with Crippen LogP contribution in [0.3, 0.4) is 0 Å². The highest BCUT2D eigenvalue weighted by Crippen LogP contribution is 2.15. The number of carbonyl (C=O) groups is 2. The minimum atomic E-state index is -1.04. The third-order valence-electron chi connectivity index (χ3n) is 3.94. The number of likely N-dealkylation sites (tertiary alicyclic amines) is 1. The first kappa shape index (κ1) is 17.3. The minimum Gasteiger partial charge on any atom is -0.346 e. The molecule has 1 unspecified atom stereocenters. The molecule has 7 heteroatoms. The first-order chi connectivity index (χ1) is 11.0. The van der Waals surface area contributed by atoms with Crippen LogP contribution in [0.4, 0.5) is 14.5 Å². The van der Waals surface area contributed by atoms with Gasteiger partial charge in [-0.05, 0) is 38.4 Å². The highest BCUT2D eigenvalue weighted by molar-refractivity contribution is 5.94. The van der Waals surface area contributed by atoms with Crippen LogP contribution in [0.25, 0.3) is 0 Å². The van der Waals surface area contributed by atoms with E-state index in [1.54, 1.807) is 0 Å². The molecule has 0 saturated carbocycles. The predicted molar refractivity (Wildman–Crippen MR) is 82.9 cm³/mol. The molecule has 1 fully saturated rings. The molecule has 23 heavy (non-hydrogen) atoms. The van der Waals surface area contributed by atoms with Gasteiger partial charge in [-0.2, -0.15) is 0 Å². The zero-order valence-electron chi connectivity index (χ0n) is 13.1. The molecule has 0 spiro atoms. The van der Waals surface area contributed by atoms with Gasteiger partial charge in [0, 0.05) is 17.8 Å². The molecule has 126 valence electrons. The van der Waals surface area contributed by atoms with Gasteiger partial charge in [0.25, 0.3) is 0 Å². The highest BCUT2D eigenvalue weighted by atomic mass is 19.2. The Morgan fingerprint density at radius 2 is 2.00 bits per heavy atom. The molecule has 2 N–H and O–H groups in total. The van der Waals surface area contributed by atoms with Crippen molar-refractivity contribution in [3.8, 4) is 0 Å². The van der Waals surface area contributed by atoms with Crippen molar-refractivity contribution in [3.63, 3.8) is 0 Å². The third kappa shape index (κ3) is 5.28. The Morgan fingerprint density at radius 3 is 2.70 bits per heavy atom. The second kappa shape index (κ2) is 8.01. The van der Waals surface area contributed by atoms with Crippen LogP contribution >= 0.6 is 0 Å². The van der Waals surface area contributed by atoms with Crippen LogP contribution in [0.15, 0.2) is 18.2 Å². The lowest BCUT2D eigenvalue weighted by atomic mass is 10.0. The summed E-state index contributed by atoms with van der Waals surface area (Å²) in [5.74, 6) is -2.73. The van der Waals surface area contributed by atoms with E-state index < -0.39 is 17.5 Å². The smallest absolute Gasteiger partial charge is 0.243 e. The molecular formula is C16H21F2N3O2. The van der Waals surface area contributed by atoms with Gasteiger partial charge in [-0.3, -0.25) is 14.5 Å². The molecule has 1 atom stereocenters. The topological polar surface area (TPSA) is 61.4 Å². The Morgan fingerprint density at radius 1 is 1.22 bits per heavy atom. The van der Waals surface area contributed by atoms with Crippen LogP contribution in [-0.2, 0) is 9.59 Å². The Hall–Kier alpha value is -2.02. The van der Waals surface area contributed by atoms with E-state index in [2.05, 4.69) is 22.5 Å². The third-order valence-corrected chi connectivity index (χ3v) is 3.94. The summed E-state index contributed by atoms with van der Waals surface area (Å²) >= 11 is 0. The van der Waals surface area contributed by atoms with E-state index in [1.807, 2.05) is 0 Å². The van der Waals surface area contributed by atoms with Crippen molar-refractivity contribution in [2.24, 2.45) is 0 Å². The van der Waals surface area contributed by atoms with Crippen molar-refractivity contribution in [1.82, 2.24) is 10.2 Å². The van der Waals surface area contributed by atoms with Gasteiger partial charge in [0.1, 0.15) is 0 Å². The number of anilines is 1. The van der Waals surface area contributed by atoms with Crippen molar-refractivity contribution < 1.29 is 18.4 Å². The summed E-state index contributed by atoms with van der Waals surface area (Å²) in [4.78, 5) is 25.7. The molecule has 0 bridgehead atoms. The summed E-state index contributed by atoms with van der Waals surface area (Å²) in [6.45, 7) is 3.03. The van der Waals surface area contributed by atoms with Gasteiger partial charge in [0.2, 0.25) is 11.8 Å². The highest BCUT2D eigenvalue weighted by Gasteiger charge is 2.20. The number of nitrogens with zero attached hydrogens (tertiary/aromatic N) is 1. The van der Waals surface area contributed by atoms with E-state index in [-0.39, 0.29) is 24.7 Å². The van der Waals surface area contributed by atoms with E-state index in [9.17, 15) is 18.4 Å². The van der Waals surface area contributed by atoms with Crippen molar-refractivity contribution in [2.75, 3.05) is 25.0 Å². The molecule has 0 aliphatic carbocycles. The standard InChI is InChI=1S/C16H21F2N3O2/c1-11-4-2-3-7-21(11)10-16(23)19-9-15(22)20-12-5-6-13(17)14(18)8-12/h5-6,8,11H,2-4,7,9-10H2,1H3,(H,19,23)(H,20,22). The minimum absolute atomic E-state index is 0.146. The summed E-state index contributed by atoms with van der Waals surface area (Å²) < 4.78 is 25.8. The maximum absolute atomic E-state index is 13.0. The van der Waals surface area contributed by atoms with Crippen LogP contribution in [0.5, 0.6) is 0 Å². The molecule has 5 nitrogen and oxygen atoms in total. The Balaban J connectivity index is 1.75. The predicted octanol–water partition coefficient (Wildman–Crippen LogP) is 1.89. The van der Waals surface area contributed by atoms with Crippen LogP contribution in [0.2, 0.25) is 0 Å². The lowest BCUT2D eigenvalue weighted by Crippen LogP contribution is -2.45. The number of hydrogen-bond acceptors (Lipinski definition) is 3. The molecule has 1 heterocycles. The molecule has 0 radical (unpaired) electrons.